The van der Waals surface area contributed by atoms with Crippen LogP contribution < -0.4 is 0 Å². The molecule has 0 aromatic rings. The van der Waals surface area contributed by atoms with E-state index < -0.39 is 0 Å². The number of hydrogen-bond donors (Lipinski definition) is 0. The number of methoxy groups -OCH3 is 1. The molecule has 0 aliphatic rings. The molecule has 0 rings (SSSR count). The van der Waals surface area contributed by atoms with Crippen LogP contribution >= 0.6 is 0 Å². The molecule has 0 fully saturated rings. The van der Waals surface area contributed by atoms with Crippen LogP contribution in [-0.2, 0) is 4.74 Å². The van der Waals surface area contributed by atoms with Gasteiger partial charge in [-0.15, -0.1) is 0 Å². The Balaban J connectivity index is 3.26. The fourth-order valence-electron chi connectivity index (χ4n) is 1.28. The van der Waals surface area contributed by atoms with E-state index in [1.54, 1.807) is 14.3 Å². The average molecular weight is 165 g/mol. The van der Waals surface area contributed by atoms with Crippen molar-refractivity contribution in [3.63, 3.8) is 0 Å². The molecule has 0 saturated carbocycles. The third-order valence-corrected chi connectivity index (χ3v) is 2.11. The molecular formula is C9H19B2O. The Morgan fingerprint density at radius 3 is 2.50 bits per heavy atom. The zero-order valence-electron chi connectivity index (χ0n) is 8.38. The largest absolute Gasteiger partial charge is 0.381 e. The Morgan fingerprint density at radius 1 is 1.33 bits per heavy atom. The van der Waals surface area contributed by atoms with Crippen molar-refractivity contribution in [2.75, 3.05) is 7.11 Å². The lowest BCUT2D eigenvalue weighted by molar-refractivity contribution is 0.0854. The molecule has 0 N–H and O–H groups in total. The number of hydrogen-bond acceptors (Lipinski definition) is 1. The minimum absolute atomic E-state index is 0.449. The summed E-state index contributed by atoms with van der Waals surface area (Å²) in [4.78, 5) is 0. The van der Waals surface area contributed by atoms with Crippen molar-refractivity contribution in [2.24, 2.45) is 0 Å². The molecule has 67 valence electrons. The van der Waals surface area contributed by atoms with E-state index in [2.05, 4.69) is 6.92 Å². The highest BCUT2D eigenvalue weighted by molar-refractivity contribution is 6.89. The van der Waals surface area contributed by atoms with Crippen LogP contribution in [0.5, 0.6) is 0 Å². The lowest BCUT2D eigenvalue weighted by atomic mass is 9.53. The predicted molar refractivity (Wildman–Crippen MR) is 55.9 cm³/mol. The van der Waals surface area contributed by atoms with Crippen molar-refractivity contribution >= 4 is 14.9 Å². The molecule has 3 radical (unpaired) electrons. The minimum atomic E-state index is 0.449. The van der Waals surface area contributed by atoms with Crippen LogP contribution in [0.4, 0.5) is 0 Å². The maximum absolute atomic E-state index is 5.34. The first kappa shape index (κ1) is 12.1. The van der Waals surface area contributed by atoms with Crippen LogP contribution in [0, 0.1) is 0 Å². The standard InChI is InChI=1S/C9H19B2O/c1-3-4-6-9(12-2)7-5-8-11-10/h9H,3-8H2,1-2H3. The average Bonchev–Trinajstić information content (AvgIpc) is 2.11. The van der Waals surface area contributed by atoms with Crippen molar-refractivity contribution in [2.45, 2.75) is 51.5 Å². The Kier molecular flexibility index (Phi) is 9.25. The second kappa shape index (κ2) is 9.18. The van der Waals surface area contributed by atoms with E-state index in [0.29, 0.717) is 6.10 Å². The maximum Gasteiger partial charge on any atom is 0.0571 e. The second-order valence-electron chi connectivity index (χ2n) is 3.17. The zero-order chi connectivity index (χ0) is 9.23. The molecule has 0 bridgehead atoms. The van der Waals surface area contributed by atoms with Crippen molar-refractivity contribution in [3.8, 4) is 0 Å². The summed E-state index contributed by atoms with van der Waals surface area (Å²) in [6.45, 7) is 2.21. The highest BCUT2D eigenvalue weighted by atomic mass is 16.5. The van der Waals surface area contributed by atoms with Crippen molar-refractivity contribution in [3.05, 3.63) is 0 Å². The topological polar surface area (TPSA) is 9.23 Å². The normalized spacial score (nSPS) is 12.8. The van der Waals surface area contributed by atoms with Gasteiger partial charge in [-0.25, -0.2) is 0 Å². The molecule has 1 unspecified atom stereocenters. The first-order valence-electron chi connectivity index (χ1n) is 4.91. The SMILES string of the molecule is [B][B]CCCC(CCCC)OC. The molecule has 0 saturated heterocycles. The molecule has 1 atom stereocenters. The van der Waals surface area contributed by atoms with Crippen LogP contribution in [0.25, 0.3) is 0 Å². The summed E-state index contributed by atoms with van der Waals surface area (Å²) >= 11 is 0. The van der Waals surface area contributed by atoms with Gasteiger partial charge in [-0.3, -0.25) is 0 Å². The van der Waals surface area contributed by atoms with E-state index in [-0.39, 0.29) is 0 Å². The molecular weight excluding hydrogens is 146 g/mol. The van der Waals surface area contributed by atoms with Gasteiger partial charge in [-0.2, -0.15) is 0 Å². The molecule has 0 aromatic carbocycles. The molecule has 1 nitrogen and oxygen atoms in total. The summed E-state index contributed by atoms with van der Waals surface area (Å²) in [6.07, 6.45) is 7.46. The quantitative estimate of drug-likeness (QED) is 0.395. The number of rotatable bonds is 8. The van der Waals surface area contributed by atoms with Crippen molar-refractivity contribution in [1.29, 1.82) is 0 Å². The summed E-state index contributed by atoms with van der Waals surface area (Å²) in [6, 6.07) is 0. The molecule has 0 aliphatic heterocycles. The monoisotopic (exact) mass is 165 g/mol. The van der Waals surface area contributed by atoms with E-state index in [9.17, 15) is 0 Å². The molecule has 0 aromatic heterocycles. The van der Waals surface area contributed by atoms with Crippen molar-refractivity contribution < 1.29 is 4.74 Å². The molecule has 0 amide bonds. The summed E-state index contributed by atoms with van der Waals surface area (Å²) in [5.74, 6) is 0. The number of unbranched alkanes of at least 4 members (excludes halogenated alkanes) is 1. The summed E-state index contributed by atoms with van der Waals surface area (Å²) in [5.41, 5.74) is 0. The van der Waals surface area contributed by atoms with Gasteiger partial charge in [0, 0.05) is 14.8 Å². The lowest BCUT2D eigenvalue weighted by Gasteiger charge is -2.14. The van der Waals surface area contributed by atoms with Gasteiger partial charge in [0.15, 0.2) is 0 Å². The predicted octanol–water partition coefficient (Wildman–Crippen LogP) is 2.18. The third-order valence-electron chi connectivity index (χ3n) is 2.11. The van der Waals surface area contributed by atoms with E-state index in [1.165, 1.54) is 19.3 Å². The van der Waals surface area contributed by atoms with Gasteiger partial charge in [0.2, 0.25) is 0 Å². The van der Waals surface area contributed by atoms with Crippen LogP contribution in [-0.4, -0.2) is 28.1 Å². The highest BCUT2D eigenvalue weighted by Gasteiger charge is 2.04. The molecule has 3 heteroatoms. The van der Waals surface area contributed by atoms with Gasteiger partial charge in [-0.1, -0.05) is 32.5 Å². The van der Waals surface area contributed by atoms with Crippen LogP contribution in [0.3, 0.4) is 0 Å². The Bertz CT molecular complexity index is 88.6. The van der Waals surface area contributed by atoms with Gasteiger partial charge < -0.3 is 4.74 Å². The fourth-order valence-corrected chi connectivity index (χ4v) is 1.28. The minimum Gasteiger partial charge on any atom is -0.381 e. The van der Waals surface area contributed by atoms with E-state index in [1.807, 2.05) is 0 Å². The van der Waals surface area contributed by atoms with Gasteiger partial charge in [0.1, 0.15) is 0 Å². The van der Waals surface area contributed by atoms with Crippen LogP contribution in [0.15, 0.2) is 0 Å². The maximum atomic E-state index is 5.34. The van der Waals surface area contributed by atoms with Gasteiger partial charge in [0.05, 0.1) is 13.3 Å². The third kappa shape index (κ3) is 6.78. The summed E-state index contributed by atoms with van der Waals surface area (Å²) in [5, 5.41) is 0. The lowest BCUT2D eigenvalue weighted by Crippen LogP contribution is -2.10. The molecule has 0 aliphatic carbocycles. The van der Waals surface area contributed by atoms with Crippen LogP contribution in [0.2, 0.25) is 6.32 Å². The fraction of sp³-hybridized carbons (Fsp3) is 1.00. The highest BCUT2D eigenvalue weighted by Crippen LogP contribution is 2.11. The van der Waals surface area contributed by atoms with Crippen LogP contribution in [0.1, 0.15) is 39.0 Å². The number of ether oxygens (including phenoxy) is 1. The first-order chi connectivity index (χ1) is 5.85. The molecule has 12 heavy (non-hydrogen) atoms. The van der Waals surface area contributed by atoms with E-state index >= 15 is 0 Å². The Hall–Kier alpha value is 0.0899. The Morgan fingerprint density at radius 2 is 2.00 bits per heavy atom. The van der Waals surface area contributed by atoms with Gasteiger partial charge in [-0.05, 0) is 12.8 Å². The first-order valence-corrected chi connectivity index (χ1v) is 4.91. The summed E-state index contributed by atoms with van der Waals surface area (Å²) < 4.78 is 5.34. The van der Waals surface area contributed by atoms with Crippen molar-refractivity contribution in [1.82, 2.24) is 0 Å². The van der Waals surface area contributed by atoms with Gasteiger partial charge >= 0.3 is 0 Å². The van der Waals surface area contributed by atoms with E-state index in [4.69, 9.17) is 12.5 Å². The Labute approximate surface area is 78.9 Å². The van der Waals surface area contributed by atoms with Gasteiger partial charge in [0.25, 0.3) is 0 Å². The smallest absolute Gasteiger partial charge is 0.0571 e. The summed E-state index contributed by atoms with van der Waals surface area (Å²) in [7, 11) is 8.82. The molecule has 0 spiro atoms. The zero-order valence-corrected chi connectivity index (χ0v) is 8.38. The second-order valence-corrected chi connectivity index (χ2v) is 3.17. The molecule has 0 heterocycles. The van der Waals surface area contributed by atoms with E-state index in [0.717, 1.165) is 19.2 Å².